The highest BCUT2D eigenvalue weighted by atomic mass is 35.5. The fourth-order valence-electron chi connectivity index (χ4n) is 3.35. The van der Waals surface area contributed by atoms with Crippen LogP contribution in [0.5, 0.6) is 0 Å². The summed E-state index contributed by atoms with van der Waals surface area (Å²) in [4.78, 5) is 13.1. The Morgan fingerprint density at radius 3 is 2.10 bits per heavy atom. The van der Waals surface area contributed by atoms with Crippen LogP contribution in [0.4, 0.5) is 0 Å². The number of allylic oxidation sites excluding steroid dienone is 1. The van der Waals surface area contributed by atoms with Gasteiger partial charge in [0.1, 0.15) is 10.5 Å². The van der Waals surface area contributed by atoms with Crippen LogP contribution in [0, 0.1) is 22.7 Å². The SMILES string of the molecule is N#CC1=C(N)n2c(s/c(=C/c3ccc(Cl)cc3)c2=O)=C(C#N)[C@@H]1c1ccc(Cl)cc1. The summed E-state index contributed by atoms with van der Waals surface area (Å²) >= 11 is 13.1. The molecule has 0 saturated carbocycles. The molecule has 0 unspecified atom stereocenters. The van der Waals surface area contributed by atoms with Crippen molar-refractivity contribution in [3.05, 3.63) is 94.8 Å². The molecule has 1 aliphatic rings. The standard InChI is InChI=1S/C22H12Cl2N4OS/c23-14-5-1-12(2-6-14)9-18-21(29)28-20(27)16(10-25)19(17(11-26)22(28)30-18)13-3-7-15(24)8-4-13/h1-9,19H,27H2/b18-9+/t19-/m1/s1. The maximum absolute atomic E-state index is 13.1. The Hall–Kier alpha value is -3.29. The molecule has 0 spiro atoms. The zero-order chi connectivity index (χ0) is 21.4. The maximum atomic E-state index is 13.1. The molecule has 2 heterocycles. The van der Waals surface area contributed by atoms with Crippen LogP contribution < -0.4 is 20.5 Å². The molecule has 146 valence electrons. The molecule has 5 nitrogen and oxygen atoms in total. The molecule has 2 aromatic carbocycles. The quantitative estimate of drug-likeness (QED) is 0.648. The van der Waals surface area contributed by atoms with E-state index in [0.717, 1.165) is 16.9 Å². The van der Waals surface area contributed by atoms with E-state index in [4.69, 9.17) is 28.9 Å². The van der Waals surface area contributed by atoms with Crippen LogP contribution in [0.15, 0.2) is 58.9 Å². The summed E-state index contributed by atoms with van der Waals surface area (Å²) in [5.74, 6) is -0.637. The topological polar surface area (TPSA) is 95.6 Å². The fraction of sp³-hybridized carbons (Fsp3) is 0.0455. The Labute approximate surface area is 185 Å². The number of benzene rings is 2. The van der Waals surface area contributed by atoms with Gasteiger partial charge >= 0.3 is 0 Å². The second-order valence-electron chi connectivity index (χ2n) is 6.53. The van der Waals surface area contributed by atoms with Crippen molar-refractivity contribution in [1.29, 1.82) is 10.5 Å². The molecular weight excluding hydrogens is 439 g/mol. The van der Waals surface area contributed by atoms with Crippen molar-refractivity contribution in [1.82, 2.24) is 4.57 Å². The van der Waals surface area contributed by atoms with Gasteiger partial charge in [-0.1, -0.05) is 47.5 Å². The van der Waals surface area contributed by atoms with Gasteiger partial charge in [0.25, 0.3) is 5.56 Å². The molecule has 0 bridgehead atoms. The van der Waals surface area contributed by atoms with Gasteiger partial charge in [0.2, 0.25) is 0 Å². The van der Waals surface area contributed by atoms with Crippen LogP contribution >= 0.6 is 34.5 Å². The number of hydrogen-bond acceptors (Lipinski definition) is 5. The number of aromatic nitrogens is 1. The smallest absolute Gasteiger partial charge is 0.274 e. The third-order valence-corrected chi connectivity index (χ3v) is 6.37. The molecule has 1 atom stereocenters. The van der Waals surface area contributed by atoms with E-state index in [1.165, 1.54) is 4.57 Å². The predicted molar refractivity (Wildman–Crippen MR) is 119 cm³/mol. The highest BCUT2D eigenvalue weighted by molar-refractivity contribution is 7.07. The normalized spacial score (nSPS) is 16.2. The van der Waals surface area contributed by atoms with E-state index < -0.39 is 5.92 Å². The minimum Gasteiger partial charge on any atom is -0.384 e. The van der Waals surface area contributed by atoms with Gasteiger partial charge in [0.05, 0.1) is 33.7 Å². The van der Waals surface area contributed by atoms with E-state index in [1.807, 2.05) is 0 Å². The molecule has 1 aliphatic heterocycles. The number of nitrogens with two attached hydrogens (primary N) is 1. The van der Waals surface area contributed by atoms with Crippen LogP contribution in [0.1, 0.15) is 17.0 Å². The molecule has 0 fully saturated rings. The lowest BCUT2D eigenvalue weighted by Gasteiger charge is -2.22. The average molecular weight is 451 g/mol. The number of fused-ring (bicyclic) bond motifs is 1. The largest absolute Gasteiger partial charge is 0.384 e. The van der Waals surface area contributed by atoms with Gasteiger partial charge in [-0.05, 0) is 41.5 Å². The number of rotatable bonds is 2. The summed E-state index contributed by atoms with van der Waals surface area (Å²) in [6, 6.07) is 18.2. The van der Waals surface area contributed by atoms with Gasteiger partial charge in [-0.3, -0.25) is 9.36 Å². The summed E-state index contributed by atoms with van der Waals surface area (Å²) < 4.78 is 2.06. The van der Waals surface area contributed by atoms with Crippen molar-refractivity contribution in [3.8, 4) is 12.1 Å². The van der Waals surface area contributed by atoms with Gasteiger partial charge in [0, 0.05) is 10.0 Å². The first-order valence-electron chi connectivity index (χ1n) is 8.73. The zero-order valence-corrected chi connectivity index (χ0v) is 17.6. The summed E-state index contributed by atoms with van der Waals surface area (Å²) in [5, 5.41) is 20.8. The van der Waals surface area contributed by atoms with Crippen LogP contribution in [0.25, 0.3) is 17.5 Å². The molecular formula is C22H12Cl2N4OS. The highest BCUT2D eigenvalue weighted by Crippen LogP contribution is 2.35. The van der Waals surface area contributed by atoms with Crippen molar-refractivity contribution in [3.63, 3.8) is 0 Å². The average Bonchev–Trinajstić information content (AvgIpc) is 3.06. The molecule has 4 rings (SSSR count). The number of halogens is 2. The minimum atomic E-state index is -0.668. The van der Waals surface area contributed by atoms with Crippen LogP contribution in [-0.4, -0.2) is 4.57 Å². The third-order valence-electron chi connectivity index (χ3n) is 4.76. The molecule has 8 heteroatoms. The van der Waals surface area contributed by atoms with Crippen LogP contribution in [0.2, 0.25) is 10.0 Å². The number of nitriles is 2. The van der Waals surface area contributed by atoms with Gasteiger partial charge in [-0.15, -0.1) is 11.3 Å². The lowest BCUT2D eigenvalue weighted by atomic mass is 9.84. The van der Waals surface area contributed by atoms with Crippen molar-refractivity contribution >= 4 is 52.0 Å². The first kappa shape index (κ1) is 20.0. The minimum absolute atomic E-state index is 0.0310. The van der Waals surface area contributed by atoms with Crippen LogP contribution in [0.3, 0.4) is 0 Å². The molecule has 1 aromatic heterocycles. The second-order valence-corrected chi connectivity index (χ2v) is 8.43. The molecule has 2 N–H and O–H groups in total. The highest BCUT2D eigenvalue weighted by Gasteiger charge is 2.32. The van der Waals surface area contributed by atoms with E-state index in [-0.39, 0.29) is 17.0 Å². The monoisotopic (exact) mass is 450 g/mol. The Bertz CT molecular complexity index is 1450. The Morgan fingerprint density at radius 2 is 1.53 bits per heavy atom. The molecule has 0 saturated heterocycles. The fourth-order valence-corrected chi connectivity index (χ4v) is 4.73. The lowest BCUT2D eigenvalue weighted by molar-refractivity contribution is 0.906. The van der Waals surface area contributed by atoms with E-state index in [2.05, 4.69) is 12.1 Å². The first-order valence-corrected chi connectivity index (χ1v) is 10.3. The lowest BCUT2D eigenvalue weighted by Crippen LogP contribution is -2.38. The molecule has 0 aliphatic carbocycles. The molecule has 0 amide bonds. The Balaban J connectivity index is 2.04. The van der Waals surface area contributed by atoms with E-state index in [1.54, 1.807) is 54.6 Å². The molecule has 0 radical (unpaired) electrons. The van der Waals surface area contributed by atoms with E-state index >= 15 is 0 Å². The second kappa shape index (κ2) is 7.85. The van der Waals surface area contributed by atoms with Gasteiger partial charge in [-0.25, -0.2) is 0 Å². The molecule has 3 aromatic rings. The summed E-state index contributed by atoms with van der Waals surface area (Å²) in [7, 11) is 0. The summed E-state index contributed by atoms with van der Waals surface area (Å²) in [6.45, 7) is 0. The molecule has 30 heavy (non-hydrogen) atoms. The summed E-state index contributed by atoms with van der Waals surface area (Å²) in [6.07, 6.45) is 1.71. The Morgan fingerprint density at radius 1 is 0.967 bits per heavy atom. The van der Waals surface area contributed by atoms with Gasteiger partial charge in [0.15, 0.2) is 0 Å². The Kier molecular flexibility index (Phi) is 5.24. The maximum Gasteiger partial charge on any atom is 0.274 e. The van der Waals surface area contributed by atoms with Crippen molar-refractivity contribution in [2.24, 2.45) is 5.73 Å². The predicted octanol–water partition coefficient (Wildman–Crippen LogP) is 3.17. The number of thiazole rings is 1. The van der Waals surface area contributed by atoms with Crippen molar-refractivity contribution < 1.29 is 0 Å². The number of hydrogen-bond donors (Lipinski definition) is 1. The van der Waals surface area contributed by atoms with Crippen molar-refractivity contribution in [2.45, 2.75) is 5.92 Å². The van der Waals surface area contributed by atoms with Crippen molar-refractivity contribution in [2.75, 3.05) is 0 Å². The zero-order valence-electron chi connectivity index (χ0n) is 15.3. The number of nitrogens with zero attached hydrogens (tertiary/aromatic N) is 3. The van der Waals surface area contributed by atoms with Gasteiger partial charge in [-0.2, -0.15) is 10.5 Å². The van der Waals surface area contributed by atoms with E-state index in [0.29, 0.717) is 30.4 Å². The van der Waals surface area contributed by atoms with E-state index in [9.17, 15) is 15.3 Å². The first-order chi connectivity index (χ1) is 14.4. The van der Waals surface area contributed by atoms with Crippen LogP contribution in [-0.2, 0) is 0 Å². The summed E-state index contributed by atoms with van der Waals surface area (Å²) in [5.41, 5.74) is 7.80. The third kappa shape index (κ3) is 3.32. The van der Waals surface area contributed by atoms with Gasteiger partial charge < -0.3 is 5.73 Å².